The fourth-order valence-electron chi connectivity index (χ4n) is 5.32. The molecule has 2 aromatic rings. The minimum absolute atomic E-state index is 0.0656. The Kier molecular flexibility index (Phi) is 4.20. The largest absolute Gasteiger partial charge is 0.362 e. The summed E-state index contributed by atoms with van der Waals surface area (Å²) >= 11 is 0. The van der Waals surface area contributed by atoms with Crippen molar-refractivity contribution in [3.63, 3.8) is 0 Å². The lowest BCUT2D eigenvalue weighted by atomic mass is 9.58. The molecule has 6 nitrogen and oxygen atoms in total. The number of benzene rings is 1. The van der Waals surface area contributed by atoms with Crippen LogP contribution in [0.1, 0.15) is 45.6 Å². The summed E-state index contributed by atoms with van der Waals surface area (Å²) in [5, 5.41) is 20.1. The predicted octanol–water partition coefficient (Wildman–Crippen LogP) is 4.71. The number of nitrogens with one attached hydrogen (secondary N) is 1. The molecule has 0 bridgehead atoms. The number of ketones is 1. The highest BCUT2D eigenvalue weighted by molar-refractivity contribution is 6.01. The molecule has 1 aliphatic carbocycles. The maximum atomic E-state index is 13.5. The molecule has 1 aromatic heterocycles. The number of hydrogen-bond acceptors (Lipinski definition) is 6. The second-order valence-corrected chi connectivity index (χ2v) is 9.13. The Balaban J connectivity index is 1.74. The molecule has 30 heavy (non-hydrogen) atoms. The van der Waals surface area contributed by atoms with Gasteiger partial charge in [-0.2, -0.15) is 20.4 Å². The average molecular weight is 399 g/mol. The number of rotatable bonds is 3. The molecule has 5 rings (SSSR count). The molecule has 0 spiro atoms. The fraction of sp³-hybridized carbons (Fsp3) is 0.375. The molecule has 0 radical (unpaired) electrons. The first-order valence-electron chi connectivity index (χ1n) is 10.5. The Bertz CT molecular complexity index is 1120. The first-order valence-corrected chi connectivity index (χ1v) is 10.5. The van der Waals surface area contributed by atoms with E-state index in [1.807, 2.05) is 12.3 Å². The second-order valence-electron chi connectivity index (χ2n) is 9.13. The van der Waals surface area contributed by atoms with Crippen LogP contribution < -0.4 is 5.32 Å². The minimum atomic E-state index is -0.529. The van der Waals surface area contributed by atoms with Gasteiger partial charge in [0.25, 0.3) is 0 Å². The van der Waals surface area contributed by atoms with Crippen molar-refractivity contribution in [2.45, 2.75) is 51.6 Å². The molecule has 3 aliphatic rings. The summed E-state index contributed by atoms with van der Waals surface area (Å²) in [6.45, 7) is 6.46. The third kappa shape index (κ3) is 2.74. The standard InChI is InChI=1S/C24H25N5O/c1-4-24(17-7-5-6-15(10-17)16-8-9-25-26-13-16)18-14-27-29-22(18)28-19-11-23(2,3)12-20(30)21(19)24/h5-10,13-14,22,28H,4,11-12H2,1-3H3/t22?,24-/m1/s1. The summed E-state index contributed by atoms with van der Waals surface area (Å²) in [5.41, 5.74) is 5.54. The maximum Gasteiger partial charge on any atom is 0.164 e. The van der Waals surface area contributed by atoms with Gasteiger partial charge in [0.1, 0.15) is 0 Å². The van der Waals surface area contributed by atoms with Crippen LogP contribution in [0, 0.1) is 5.41 Å². The van der Waals surface area contributed by atoms with E-state index in [1.165, 1.54) is 0 Å². The molecular formula is C24H25N5O. The Morgan fingerprint density at radius 1 is 1.13 bits per heavy atom. The molecule has 0 saturated carbocycles. The monoisotopic (exact) mass is 399 g/mol. The van der Waals surface area contributed by atoms with Crippen LogP contribution in [0.5, 0.6) is 0 Å². The van der Waals surface area contributed by atoms with Crippen molar-refractivity contribution in [3.05, 3.63) is 71.3 Å². The number of fused-ring (bicyclic) bond motifs is 1. The van der Waals surface area contributed by atoms with Crippen LogP contribution in [0.2, 0.25) is 0 Å². The molecule has 2 atom stereocenters. The van der Waals surface area contributed by atoms with Crippen molar-refractivity contribution in [2.75, 3.05) is 0 Å². The number of carbonyl (C=O) groups excluding carboxylic acids is 1. The van der Waals surface area contributed by atoms with Crippen molar-refractivity contribution in [3.8, 4) is 11.1 Å². The Labute approximate surface area is 176 Å². The van der Waals surface area contributed by atoms with Crippen molar-refractivity contribution < 1.29 is 4.79 Å². The van der Waals surface area contributed by atoms with E-state index in [1.54, 1.807) is 12.4 Å². The Hall–Kier alpha value is -3.15. The third-order valence-corrected chi connectivity index (χ3v) is 6.58. The SMILES string of the molecule is CC[C@@]1(c2cccc(-c3ccnnc3)c2)C2=CN=NC2NC2=C1C(=O)CC(C)(C)C2. The van der Waals surface area contributed by atoms with Crippen LogP contribution in [-0.2, 0) is 10.2 Å². The maximum absolute atomic E-state index is 13.5. The smallest absolute Gasteiger partial charge is 0.164 e. The number of hydrogen-bond donors (Lipinski definition) is 1. The molecule has 1 aromatic carbocycles. The predicted molar refractivity (Wildman–Crippen MR) is 114 cm³/mol. The highest BCUT2D eigenvalue weighted by Crippen LogP contribution is 2.53. The zero-order chi connectivity index (χ0) is 20.9. The van der Waals surface area contributed by atoms with Crippen LogP contribution in [0.4, 0.5) is 0 Å². The normalized spacial score (nSPS) is 26.7. The van der Waals surface area contributed by atoms with E-state index in [-0.39, 0.29) is 17.4 Å². The van der Waals surface area contributed by atoms with Gasteiger partial charge in [-0.25, -0.2) is 0 Å². The number of carbonyl (C=O) groups is 1. The lowest BCUT2D eigenvalue weighted by Crippen LogP contribution is -2.51. The summed E-state index contributed by atoms with van der Waals surface area (Å²) in [5.74, 6) is 0.220. The number of Topliss-reactive ketones (excluding diaryl/α,β-unsaturated/α-hetero) is 1. The van der Waals surface area contributed by atoms with Gasteiger partial charge in [-0.1, -0.05) is 39.0 Å². The van der Waals surface area contributed by atoms with E-state index in [4.69, 9.17) is 0 Å². The van der Waals surface area contributed by atoms with E-state index in [2.05, 4.69) is 70.8 Å². The Morgan fingerprint density at radius 3 is 2.77 bits per heavy atom. The summed E-state index contributed by atoms with van der Waals surface area (Å²) < 4.78 is 0. The second kappa shape index (κ2) is 6.69. The van der Waals surface area contributed by atoms with E-state index < -0.39 is 5.41 Å². The zero-order valence-corrected chi connectivity index (χ0v) is 17.5. The molecule has 1 unspecified atom stereocenters. The zero-order valence-electron chi connectivity index (χ0n) is 17.5. The topological polar surface area (TPSA) is 79.6 Å². The first kappa shape index (κ1) is 18.9. The van der Waals surface area contributed by atoms with Crippen LogP contribution in [0.25, 0.3) is 11.1 Å². The first-order chi connectivity index (χ1) is 14.4. The van der Waals surface area contributed by atoms with Crippen LogP contribution in [0.3, 0.4) is 0 Å². The van der Waals surface area contributed by atoms with Crippen LogP contribution in [-0.4, -0.2) is 22.1 Å². The lowest BCUT2D eigenvalue weighted by molar-refractivity contribution is -0.119. The average Bonchev–Trinajstić information content (AvgIpc) is 3.21. The summed E-state index contributed by atoms with van der Waals surface area (Å²) in [7, 11) is 0. The fourth-order valence-corrected chi connectivity index (χ4v) is 5.32. The summed E-state index contributed by atoms with van der Waals surface area (Å²) in [4.78, 5) is 13.5. The molecule has 0 saturated heterocycles. The molecule has 6 heteroatoms. The van der Waals surface area contributed by atoms with Gasteiger partial charge in [-0.05, 0) is 41.5 Å². The highest BCUT2D eigenvalue weighted by atomic mass is 16.1. The lowest BCUT2D eigenvalue weighted by Gasteiger charge is -2.47. The van der Waals surface area contributed by atoms with Crippen LogP contribution in [0.15, 0.2) is 76.0 Å². The van der Waals surface area contributed by atoms with E-state index in [0.29, 0.717) is 6.42 Å². The molecule has 1 N–H and O–H groups in total. The van der Waals surface area contributed by atoms with Gasteiger partial charge in [-0.15, -0.1) is 0 Å². The molecule has 152 valence electrons. The number of aromatic nitrogens is 2. The van der Waals surface area contributed by atoms with Gasteiger partial charge >= 0.3 is 0 Å². The van der Waals surface area contributed by atoms with Crippen LogP contribution >= 0.6 is 0 Å². The minimum Gasteiger partial charge on any atom is -0.362 e. The van der Waals surface area contributed by atoms with Gasteiger partial charge in [-0.3, -0.25) is 4.79 Å². The third-order valence-electron chi connectivity index (χ3n) is 6.58. The van der Waals surface area contributed by atoms with Gasteiger partial charge in [0.15, 0.2) is 11.9 Å². The molecule has 0 amide bonds. The number of azo groups is 1. The number of allylic oxidation sites excluding steroid dienone is 2. The van der Waals surface area contributed by atoms with Crippen molar-refractivity contribution in [2.24, 2.45) is 15.6 Å². The van der Waals surface area contributed by atoms with E-state index in [9.17, 15) is 4.79 Å². The van der Waals surface area contributed by atoms with Crippen molar-refractivity contribution in [1.82, 2.24) is 15.5 Å². The van der Waals surface area contributed by atoms with Crippen molar-refractivity contribution >= 4 is 5.78 Å². The van der Waals surface area contributed by atoms with Gasteiger partial charge in [0, 0.05) is 28.8 Å². The van der Waals surface area contributed by atoms with Crippen molar-refractivity contribution in [1.29, 1.82) is 0 Å². The highest BCUT2D eigenvalue weighted by Gasteiger charge is 2.52. The molecule has 3 heterocycles. The number of nitrogens with zero attached hydrogens (tertiary/aromatic N) is 4. The molecular weight excluding hydrogens is 374 g/mol. The quantitative estimate of drug-likeness (QED) is 0.810. The van der Waals surface area contributed by atoms with E-state index in [0.717, 1.165) is 46.4 Å². The summed E-state index contributed by atoms with van der Waals surface area (Å²) in [6.07, 6.45) is 7.25. The van der Waals surface area contributed by atoms with E-state index >= 15 is 0 Å². The van der Waals surface area contributed by atoms with Gasteiger partial charge in [0.2, 0.25) is 0 Å². The molecule has 2 aliphatic heterocycles. The van der Waals surface area contributed by atoms with Gasteiger partial charge in [0.05, 0.1) is 24.0 Å². The summed E-state index contributed by atoms with van der Waals surface area (Å²) in [6, 6.07) is 10.4. The Morgan fingerprint density at radius 2 is 2.00 bits per heavy atom. The van der Waals surface area contributed by atoms with Gasteiger partial charge < -0.3 is 5.32 Å². The molecule has 0 fully saturated rings.